The molecular formula is C38H35ClFN7O7. The van der Waals surface area contributed by atoms with E-state index in [1.165, 1.54) is 52.3 Å². The molecule has 6 rings (SSSR count). The van der Waals surface area contributed by atoms with Crippen molar-refractivity contribution in [3.8, 4) is 5.69 Å². The second-order valence-corrected chi connectivity index (χ2v) is 13.3. The van der Waals surface area contributed by atoms with Gasteiger partial charge >= 0.3 is 11.9 Å². The van der Waals surface area contributed by atoms with E-state index in [1.807, 2.05) is 12.1 Å². The zero-order valence-corrected chi connectivity index (χ0v) is 29.5. The van der Waals surface area contributed by atoms with Crippen LogP contribution in [0.1, 0.15) is 63.5 Å². The van der Waals surface area contributed by atoms with Crippen LogP contribution in [0.25, 0.3) is 17.3 Å². The van der Waals surface area contributed by atoms with Gasteiger partial charge in [0.15, 0.2) is 11.6 Å². The highest BCUT2D eigenvalue weighted by atomic mass is 35.5. The van der Waals surface area contributed by atoms with E-state index >= 15 is 4.39 Å². The molecule has 2 amide bonds. The number of nitrogens with zero attached hydrogens (tertiary/aromatic N) is 6. The molecule has 0 saturated carbocycles. The molecule has 4 aromatic rings. The molecule has 0 spiro atoms. The van der Waals surface area contributed by atoms with E-state index in [0.29, 0.717) is 30.5 Å². The molecule has 3 heterocycles. The van der Waals surface area contributed by atoms with Gasteiger partial charge in [0.2, 0.25) is 11.8 Å². The minimum Gasteiger partial charge on any atom is -0.481 e. The summed E-state index contributed by atoms with van der Waals surface area (Å²) in [4.78, 5) is 66.6. The number of tetrazole rings is 1. The number of aliphatic carboxylic acids is 1. The fourth-order valence-corrected chi connectivity index (χ4v) is 6.97. The van der Waals surface area contributed by atoms with E-state index in [4.69, 9.17) is 22.4 Å². The number of Topliss-reactive ketones (excluding diaryl/α,β-unsaturated/α-hetero) is 1. The van der Waals surface area contributed by atoms with Gasteiger partial charge in [0.25, 0.3) is 0 Å². The molecule has 0 fully saturated rings. The van der Waals surface area contributed by atoms with Crippen LogP contribution >= 0.6 is 11.6 Å². The van der Waals surface area contributed by atoms with Gasteiger partial charge in [0.1, 0.15) is 12.4 Å². The van der Waals surface area contributed by atoms with Gasteiger partial charge in [-0.1, -0.05) is 48.0 Å². The number of benzene rings is 3. The average molecular weight is 756 g/mol. The number of carbonyl (C=O) groups excluding carboxylic acids is 3. The largest absolute Gasteiger partial charge is 0.481 e. The summed E-state index contributed by atoms with van der Waals surface area (Å²) in [6.07, 6.45) is 6.24. The second-order valence-electron chi connectivity index (χ2n) is 12.9. The fraction of sp³-hybridized carbons (Fsp3) is 0.263. The average Bonchev–Trinajstić information content (AvgIpc) is 3.71. The summed E-state index contributed by atoms with van der Waals surface area (Å²) in [5.41, 5.74) is 10.1. The first kappa shape index (κ1) is 37.7. The normalized spacial score (nSPS) is 16.1. The van der Waals surface area contributed by atoms with Crippen LogP contribution in [-0.4, -0.2) is 95.4 Å². The zero-order valence-electron chi connectivity index (χ0n) is 28.8. The van der Waals surface area contributed by atoms with Crippen LogP contribution in [0.15, 0.2) is 73.1 Å². The van der Waals surface area contributed by atoms with Gasteiger partial charge in [-0.2, -0.15) is 4.68 Å². The lowest BCUT2D eigenvalue weighted by Gasteiger charge is -2.37. The molecule has 0 aliphatic carbocycles. The number of carboxylic acids is 2. The molecule has 0 saturated heterocycles. The Kier molecular flexibility index (Phi) is 11.4. The van der Waals surface area contributed by atoms with E-state index in [0.717, 1.165) is 16.7 Å². The molecule has 54 heavy (non-hydrogen) atoms. The number of hydrogen-bond acceptors (Lipinski definition) is 9. The molecule has 16 heteroatoms. The summed E-state index contributed by atoms with van der Waals surface area (Å²) in [5, 5.41) is 29.1. The van der Waals surface area contributed by atoms with Crippen molar-refractivity contribution < 1.29 is 38.6 Å². The molecule has 3 aromatic carbocycles. The second kappa shape index (κ2) is 16.3. The first-order valence-corrected chi connectivity index (χ1v) is 17.4. The van der Waals surface area contributed by atoms with Gasteiger partial charge in [-0.15, -0.1) is 5.10 Å². The summed E-state index contributed by atoms with van der Waals surface area (Å²) < 4.78 is 16.6. The SMILES string of the molecule is N[C@@H](CCC(=O)O)C(=O)N1CC=C(c2cccc3c2CCN(C(=O)/C=C/c2c(-n4cnnn4)ccc(Cl)c2F)[C@@H]3C(=O)Cc2ccc(C(=O)O)cc2)CC1. The highest BCUT2D eigenvalue weighted by molar-refractivity contribution is 6.31. The van der Waals surface area contributed by atoms with Gasteiger partial charge in [0, 0.05) is 44.1 Å². The molecule has 0 unspecified atom stereocenters. The maximum absolute atomic E-state index is 15.3. The number of hydrogen-bond donors (Lipinski definition) is 3. The minimum absolute atomic E-state index is 0.0332. The molecule has 2 aliphatic heterocycles. The number of nitrogens with two attached hydrogens (primary N) is 1. The maximum Gasteiger partial charge on any atom is 0.335 e. The highest BCUT2D eigenvalue weighted by Gasteiger charge is 2.36. The standard InChI is InChI=1S/C38H35ClFN7O7/c39-29-9-11-31(47-21-42-43-44-47)28(35(29)40)8-12-33(49)46-19-16-26-25(23-14-17-45(18-15-23)37(52)30(41)10-13-34(50)51)2-1-3-27(26)36(46)32(48)20-22-4-6-24(7-5-22)38(53)54/h1-9,11-12,14,21,30,36H,10,13,15-20,41H2,(H,50,51)(H,53,54)/b12-8+/t30-,36-/m0/s1. The van der Waals surface area contributed by atoms with Crippen molar-refractivity contribution in [2.75, 3.05) is 19.6 Å². The summed E-state index contributed by atoms with van der Waals surface area (Å²) in [5.74, 6) is -4.11. The van der Waals surface area contributed by atoms with Crippen molar-refractivity contribution >= 4 is 52.8 Å². The molecule has 2 atom stereocenters. The number of aromatic carboxylic acids is 1. The quantitative estimate of drug-likeness (QED) is 0.177. The summed E-state index contributed by atoms with van der Waals surface area (Å²) in [7, 11) is 0. The summed E-state index contributed by atoms with van der Waals surface area (Å²) in [6.45, 7) is 0.789. The van der Waals surface area contributed by atoms with Crippen molar-refractivity contribution in [1.82, 2.24) is 30.0 Å². The van der Waals surface area contributed by atoms with E-state index < -0.39 is 35.7 Å². The molecule has 278 valence electrons. The molecule has 0 bridgehead atoms. The number of amides is 2. The van der Waals surface area contributed by atoms with Crippen LogP contribution in [0.5, 0.6) is 0 Å². The molecule has 0 radical (unpaired) electrons. The maximum atomic E-state index is 15.3. The zero-order chi connectivity index (χ0) is 38.5. The van der Waals surface area contributed by atoms with Crippen LogP contribution in [-0.2, 0) is 32.0 Å². The van der Waals surface area contributed by atoms with Gasteiger partial charge in [-0.05, 0) is 87.9 Å². The number of ketones is 1. The van der Waals surface area contributed by atoms with E-state index in [2.05, 4.69) is 15.5 Å². The van der Waals surface area contributed by atoms with Crippen molar-refractivity contribution in [2.24, 2.45) is 5.73 Å². The number of aromatic nitrogens is 4. The Balaban J connectivity index is 1.31. The van der Waals surface area contributed by atoms with E-state index in [9.17, 15) is 29.1 Å². The Hall–Kier alpha value is -6.06. The summed E-state index contributed by atoms with van der Waals surface area (Å²) >= 11 is 6.08. The first-order chi connectivity index (χ1) is 25.9. The molecule has 1 aromatic heterocycles. The molecule has 14 nitrogen and oxygen atoms in total. The van der Waals surface area contributed by atoms with Crippen molar-refractivity contribution in [1.29, 1.82) is 0 Å². The van der Waals surface area contributed by atoms with Crippen LogP contribution < -0.4 is 5.73 Å². The van der Waals surface area contributed by atoms with Crippen molar-refractivity contribution in [2.45, 2.75) is 44.2 Å². The number of carboxylic acid groups (broad SMARTS) is 2. The Labute approximate surface area is 313 Å². The number of halogens is 2. The first-order valence-electron chi connectivity index (χ1n) is 17.0. The monoisotopic (exact) mass is 755 g/mol. The predicted octanol–water partition coefficient (Wildman–Crippen LogP) is 3.91. The lowest BCUT2D eigenvalue weighted by Crippen LogP contribution is -2.45. The van der Waals surface area contributed by atoms with Crippen LogP contribution in [0, 0.1) is 5.82 Å². The van der Waals surface area contributed by atoms with Crippen LogP contribution in [0.4, 0.5) is 4.39 Å². The number of fused-ring (bicyclic) bond motifs is 1. The smallest absolute Gasteiger partial charge is 0.335 e. The fourth-order valence-electron chi connectivity index (χ4n) is 6.81. The molecule has 4 N–H and O–H groups in total. The predicted molar refractivity (Wildman–Crippen MR) is 194 cm³/mol. The van der Waals surface area contributed by atoms with Crippen LogP contribution in [0.3, 0.4) is 0 Å². The third-order valence-corrected chi connectivity index (χ3v) is 9.83. The highest BCUT2D eigenvalue weighted by Crippen LogP contribution is 2.37. The Morgan fingerprint density at radius 2 is 1.80 bits per heavy atom. The number of rotatable bonds is 12. The van der Waals surface area contributed by atoms with E-state index in [-0.39, 0.29) is 65.9 Å². The third-order valence-electron chi connectivity index (χ3n) is 9.54. The van der Waals surface area contributed by atoms with Crippen LogP contribution in [0.2, 0.25) is 5.02 Å². The topological polar surface area (TPSA) is 202 Å². The molecular weight excluding hydrogens is 721 g/mol. The Morgan fingerprint density at radius 3 is 2.46 bits per heavy atom. The van der Waals surface area contributed by atoms with Gasteiger partial charge in [0.05, 0.1) is 22.3 Å². The lowest BCUT2D eigenvalue weighted by molar-refractivity contribution is -0.137. The van der Waals surface area contributed by atoms with Gasteiger partial charge in [-0.25, -0.2) is 9.18 Å². The minimum atomic E-state index is -1.10. The van der Waals surface area contributed by atoms with Crippen molar-refractivity contribution in [3.05, 3.63) is 117 Å². The molecule has 2 aliphatic rings. The lowest BCUT2D eigenvalue weighted by atomic mass is 9.82. The van der Waals surface area contributed by atoms with Gasteiger partial charge < -0.3 is 25.7 Å². The number of carbonyl (C=O) groups is 5. The Morgan fingerprint density at radius 1 is 1.02 bits per heavy atom. The Bertz CT molecular complexity index is 2170. The van der Waals surface area contributed by atoms with E-state index in [1.54, 1.807) is 29.2 Å². The summed E-state index contributed by atoms with van der Waals surface area (Å²) in [6, 6.07) is 12.4. The van der Waals surface area contributed by atoms with Gasteiger partial charge in [-0.3, -0.25) is 19.2 Å². The van der Waals surface area contributed by atoms with Crippen molar-refractivity contribution in [3.63, 3.8) is 0 Å². The third kappa shape index (κ3) is 8.11.